The van der Waals surface area contributed by atoms with Gasteiger partial charge in [-0.15, -0.1) is 0 Å². The topological polar surface area (TPSA) is 3.24 Å². The molecule has 1 fully saturated rings. The Balaban J connectivity index is 1.08. The van der Waals surface area contributed by atoms with Crippen molar-refractivity contribution in [2.45, 2.75) is 43.4 Å². The molecule has 0 radical (unpaired) electrons. The summed E-state index contributed by atoms with van der Waals surface area (Å²) in [6.07, 6.45) is 6.60. The van der Waals surface area contributed by atoms with Crippen LogP contribution < -0.4 is 4.90 Å². The van der Waals surface area contributed by atoms with Crippen molar-refractivity contribution in [1.82, 2.24) is 0 Å². The van der Waals surface area contributed by atoms with Gasteiger partial charge in [0.2, 0.25) is 0 Å². The van der Waals surface area contributed by atoms with Crippen LogP contribution >= 0.6 is 0 Å². The Labute approximate surface area is 354 Å². The van der Waals surface area contributed by atoms with Crippen LogP contribution in [-0.4, -0.2) is 0 Å². The lowest BCUT2D eigenvalue weighted by Crippen LogP contribution is -2.28. The molecule has 0 aromatic heterocycles. The maximum absolute atomic E-state index is 2.48. The summed E-state index contributed by atoms with van der Waals surface area (Å²) < 4.78 is 0. The zero-order valence-electron chi connectivity index (χ0n) is 33.8. The number of fused-ring (bicyclic) bond motifs is 4. The van der Waals surface area contributed by atoms with E-state index in [9.17, 15) is 0 Å². The summed E-state index contributed by atoms with van der Waals surface area (Å²) in [4.78, 5) is 2.47. The van der Waals surface area contributed by atoms with Crippen LogP contribution in [0.4, 0.5) is 17.1 Å². The van der Waals surface area contributed by atoms with Crippen molar-refractivity contribution in [1.29, 1.82) is 0 Å². The van der Waals surface area contributed by atoms with Crippen molar-refractivity contribution >= 4 is 27.8 Å². The van der Waals surface area contributed by atoms with Gasteiger partial charge in [0, 0.05) is 17.1 Å². The molecule has 9 aromatic carbocycles. The number of hydrogen-bond acceptors (Lipinski definition) is 1. The average Bonchev–Trinajstić information content (AvgIpc) is 3.63. The highest BCUT2D eigenvalue weighted by atomic mass is 15.1. The molecule has 9 aromatic rings. The lowest BCUT2D eigenvalue weighted by molar-refractivity contribution is 0.443. The number of rotatable bonds is 8. The molecule has 1 saturated carbocycles. The van der Waals surface area contributed by atoms with Gasteiger partial charge >= 0.3 is 0 Å². The maximum Gasteiger partial charge on any atom is 0.0714 e. The van der Waals surface area contributed by atoms with Gasteiger partial charge in [0.05, 0.1) is 5.41 Å². The molecule has 0 N–H and O–H groups in total. The van der Waals surface area contributed by atoms with Crippen molar-refractivity contribution < 1.29 is 0 Å². The third kappa shape index (κ3) is 6.08. The molecule has 60 heavy (non-hydrogen) atoms. The quantitative estimate of drug-likeness (QED) is 0.149. The van der Waals surface area contributed by atoms with E-state index < -0.39 is 5.41 Å². The Bertz CT molecular complexity index is 2880. The van der Waals surface area contributed by atoms with Crippen LogP contribution in [0.15, 0.2) is 218 Å². The predicted molar refractivity (Wildman–Crippen MR) is 253 cm³/mol. The molecule has 2 aliphatic carbocycles. The molecule has 0 unspecified atom stereocenters. The van der Waals surface area contributed by atoms with Gasteiger partial charge in [-0.25, -0.2) is 0 Å². The SMILES string of the molecule is c1ccc(-c2cccc3cccc(-c4ccc(N(c5ccc(C6CCCCC6)cc5)c5ccc6c(c5)C(c5ccccc5)(c5ccccc5)c5ccccc5-6)cc4)c23)cc1. The molecule has 0 spiro atoms. The Kier molecular flexibility index (Phi) is 9.23. The molecule has 0 aliphatic heterocycles. The van der Waals surface area contributed by atoms with Crippen LogP contribution in [0.2, 0.25) is 0 Å². The standard InChI is InChI=1S/C59H47N/c1-5-17-42(18-6-1)43-31-35-49(36-32-43)60(50-37-33-45(34-38-50)53-29-16-22-46-21-15-28-52(58(46)53)44-19-7-2-8-20-44)51-39-40-55-54-27-13-14-30-56(54)59(57(55)41-51,47-23-9-3-10-24-47)48-25-11-4-12-26-48/h2-4,7-16,19-42H,1,5-6,17-18H2. The van der Waals surface area contributed by atoms with Crippen molar-refractivity contribution in [2.75, 3.05) is 4.90 Å². The maximum atomic E-state index is 2.48. The third-order valence-corrected chi connectivity index (χ3v) is 13.4. The van der Waals surface area contributed by atoms with Crippen LogP contribution in [0.1, 0.15) is 65.8 Å². The molecular formula is C59H47N. The summed E-state index contributed by atoms with van der Waals surface area (Å²) in [6, 6.07) is 81.4. The van der Waals surface area contributed by atoms with Gasteiger partial charge < -0.3 is 4.90 Å². The molecule has 1 nitrogen and oxygen atoms in total. The van der Waals surface area contributed by atoms with Crippen molar-refractivity contribution in [3.8, 4) is 33.4 Å². The smallest absolute Gasteiger partial charge is 0.0714 e. The van der Waals surface area contributed by atoms with Crippen LogP contribution in [0.25, 0.3) is 44.2 Å². The third-order valence-electron chi connectivity index (χ3n) is 13.4. The molecule has 0 bridgehead atoms. The van der Waals surface area contributed by atoms with Gasteiger partial charge in [-0.1, -0.05) is 201 Å². The second-order valence-electron chi connectivity index (χ2n) is 16.6. The average molecular weight is 770 g/mol. The van der Waals surface area contributed by atoms with E-state index >= 15 is 0 Å². The van der Waals surface area contributed by atoms with Crippen LogP contribution in [-0.2, 0) is 5.41 Å². The zero-order chi connectivity index (χ0) is 39.9. The highest BCUT2D eigenvalue weighted by Crippen LogP contribution is 2.57. The van der Waals surface area contributed by atoms with E-state index in [4.69, 9.17) is 0 Å². The van der Waals surface area contributed by atoms with Gasteiger partial charge in [-0.3, -0.25) is 0 Å². The van der Waals surface area contributed by atoms with Gasteiger partial charge in [-0.2, -0.15) is 0 Å². The molecule has 2 aliphatic rings. The summed E-state index contributed by atoms with van der Waals surface area (Å²) >= 11 is 0. The van der Waals surface area contributed by atoms with E-state index in [1.54, 1.807) is 0 Å². The molecule has 11 rings (SSSR count). The molecule has 288 valence electrons. The fourth-order valence-electron chi connectivity index (χ4n) is 10.6. The molecule has 0 atom stereocenters. The van der Waals surface area contributed by atoms with Crippen LogP contribution in [0.3, 0.4) is 0 Å². The lowest BCUT2D eigenvalue weighted by atomic mass is 9.67. The van der Waals surface area contributed by atoms with Gasteiger partial charge in [0.1, 0.15) is 0 Å². The molecule has 0 amide bonds. The highest BCUT2D eigenvalue weighted by molar-refractivity contribution is 6.06. The number of nitrogens with zero attached hydrogens (tertiary/aromatic N) is 1. The van der Waals surface area contributed by atoms with Crippen LogP contribution in [0.5, 0.6) is 0 Å². The number of hydrogen-bond donors (Lipinski definition) is 0. The first-order valence-electron chi connectivity index (χ1n) is 21.7. The van der Waals surface area contributed by atoms with Crippen molar-refractivity contribution in [2.24, 2.45) is 0 Å². The summed E-state index contributed by atoms with van der Waals surface area (Å²) in [5, 5.41) is 2.53. The summed E-state index contributed by atoms with van der Waals surface area (Å²) in [6.45, 7) is 0. The fourth-order valence-corrected chi connectivity index (χ4v) is 10.6. The Hall–Kier alpha value is -6.96. The number of benzene rings is 9. The largest absolute Gasteiger partial charge is 0.310 e. The van der Waals surface area contributed by atoms with E-state index in [2.05, 4.69) is 223 Å². The van der Waals surface area contributed by atoms with Crippen molar-refractivity contribution in [3.63, 3.8) is 0 Å². The summed E-state index contributed by atoms with van der Waals surface area (Å²) in [5.74, 6) is 0.651. The first-order valence-corrected chi connectivity index (χ1v) is 21.7. The van der Waals surface area contributed by atoms with Gasteiger partial charge in [0.15, 0.2) is 0 Å². The van der Waals surface area contributed by atoms with E-state index in [1.807, 2.05) is 0 Å². The molecule has 0 heterocycles. The minimum atomic E-state index is -0.477. The lowest BCUT2D eigenvalue weighted by Gasteiger charge is -2.35. The molecular weight excluding hydrogens is 723 g/mol. The Morgan fingerprint density at radius 2 is 0.867 bits per heavy atom. The fraction of sp³-hybridized carbons (Fsp3) is 0.119. The minimum Gasteiger partial charge on any atom is -0.310 e. The van der Waals surface area contributed by atoms with Crippen molar-refractivity contribution in [3.05, 3.63) is 246 Å². The number of anilines is 3. The highest BCUT2D eigenvalue weighted by Gasteiger charge is 2.46. The second kappa shape index (κ2) is 15.3. The Morgan fingerprint density at radius 3 is 1.50 bits per heavy atom. The summed E-state index contributed by atoms with van der Waals surface area (Å²) in [7, 11) is 0. The van der Waals surface area contributed by atoms with Crippen LogP contribution in [0, 0.1) is 0 Å². The van der Waals surface area contributed by atoms with Gasteiger partial charge in [0.25, 0.3) is 0 Å². The van der Waals surface area contributed by atoms with E-state index in [0.717, 1.165) is 11.4 Å². The first kappa shape index (κ1) is 36.1. The van der Waals surface area contributed by atoms with E-state index in [-0.39, 0.29) is 0 Å². The minimum absolute atomic E-state index is 0.477. The predicted octanol–water partition coefficient (Wildman–Crippen LogP) is 16.1. The first-order chi connectivity index (χ1) is 29.8. The monoisotopic (exact) mass is 769 g/mol. The van der Waals surface area contributed by atoms with E-state index in [1.165, 1.54) is 110 Å². The zero-order valence-corrected chi connectivity index (χ0v) is 33.8. The van der Waals surface area contributed by atoms with E-state index in [0.29, 0.717) is 5.92 Å². The molecule has 1 heteroatoms. The summed E-state index contributed by atoms with van der Waals surface area (Å²) in [5.41, 5.74) is 17.1. The molecule has 0 saturated heterocycles. The normalized spacial score (nSPS) is 14.4. The van der Waals surface area contributed by atoms with Gasteiger partial charge in [-0.05, 0) is 127 Å². The Morgan fingerprint density at radius 1 is 0.367 bits per heavy atom. The second-order valence-corrected chi connectivity index (χ2v) is 16.6.